The minimum atomic E-state index is -1.02. The average Bonchev–Trinajstić information content (AvgIpc) is 3.23. The molecule has 192 valence electrons. The van der Waals surface area contributed by atoms with E-state index < -0.39 is 5.79 Å². The minimum Gasteiger partial charge on any atom is -0.497 e. The van der Waals surface area contributed by atoms with E-state index in [4.69, 9.17) is 18.9 Å². The normalized spacial score (nSPS) is 31.5. The Kier molecular flexibility index (Phi) is 9.14. The van der Waals surface area contributed by atoms with E-state index in [0.29, 0.717) is 31.6 Å². The van der Waals surface area contributed by atoms with Gasteiger partial charge in [0.2, 0.25) is 0 Å². The van der Waals surface area contributed by atoms with Gasteiger partial charge in [0.25, 0.3) is 5.24 Å². The fraction of sp³-hybridized carbons (Fsp3) is 0.630. The number of methoxy groups -OCH3 is 2. The maximum atomic E-state index is 12.9. The number of esters is 1. The molecular formula is C27H37NO6S. The van der Waals surface area contributed by atoms with Gasteiger partial charge in [0.1, 0.15) is 11.9 Å². The van der Waals surface area contributed by atoms with Gasteiger partial charge < -0.3 is 23.8 Å². The molecule has 0 unspecified atom stereocenters. The number of allylic oxidation sites excluding steroid dienone is 2. The smallest absolute Gasteiger partial charge is 0.306 e. The first-order valence-electron chi connectivity index (χ1n) is 12.7. The fourth-order valence-electron chi connectivity index (χ4n) is 5.21. The van der Waals surface area contributed by atoms with E-state index in [1.165, 1.54) is 11.8 Å². The predicted octanol–water partition coefficient (Wildman–Crippen LogP) is 5.47. The lowest BCUT2D eigenvalue weighted by molar-refractivity contribution is -0.306. The van der Waals surface area contributed by atoms with Crippen LogP contribution in [-0.2, 0) is 25.5 Å². The van der Waals surface area contributed by atoms with E-state index in [9.17, 15) is 9.59 Å². The van der Waals surface area contributed by atoms with Crippen LogP contribution in [0.25, 0.3) is 0 Å². The Bertz CT molecular complexity index is 890. The van der Waals surface area contributed by atoms with Crippen LogP contribution in [0, 0.1) is 0 Å². The Morgan fingerprint density at radius 2 is 1.83 bits per heavy atom. The number of nitrogens with zero attached hydrogens (tertiary/aromatic N) is 1. The number of fused-ring (bicyclic) bond motifs is 2. The third kappa shape index (κ3) is 6.60. The maximum absolute atomic E-state index is 12.9. The number of rotatable bonds is 5. The first kappa shape index (κ1) is 26.0. The van der Waals surface area contributed by atoms with Gasteiger partial charge in [0, 0.05) is 38.7 Å². The van der Waals surface area contributed by atoms with Crippen LogP contribution in [0.5, 0.6) is 5.75 Å². The summed E-state index contributed by atoms with van der Waals surface area (Å²) in [6.45, 7) is 0.453. The number of carbonyl (C=O) groups is 2. The molecule has 3 aliphatic rings. The highest BCUT2D eigenvalue weighted by Gasteiger charge is 2.54. The Labute approximate surface area is 212 Å². The Morgan fingerprint density at radius 3 is 2.57 bits per heavy atom. The minimum absolute atomic E-state index is 0.00814. The topological polar surface area (TPSA) is 74.3 Å². The molecule has 0 N–H and O–H groups in total. The van der Waals surface area contributed by atoms with Crippen LogP contribution in [0.1, 0.15) is 63.4 Å². The molecule has 1 amide bonds. The van der Waals surface area contributed by atoms with Gasteiger partial charge in [-0.3, -0.25) is 9.59 Å². The average molecular weight is 504 g/mol. The Hall–Kier alpha value is -2.03. The van der Waals surface area contributed by atoms with Crippen molar-refractivity contribution in [3.8, 4) is 5.75 Å². The molecule has 0 radical (unpaired) electrons. The van der Waals surface area contributed by atoms with Crippen molar-refractivity contribution in [3.63, 3.8) is 0 Å². The molecule has 35 heavy (non-hydrogen) atoms. The van der Waals surface area contributed by atoms with Crippen molar-refractivity contribution in [3.05, 3.63) is 42.0 Å². The summed E-state index contributed by atoms with van der Waals surface area (Å²) < 4.78 is 24.0. The highest BCUT2D eigenvalue weighted by molar-refractivity contribution is 8.13. The molecule has 0 aliphatic carbocycles. The summed E-state index contributed by atoms with van der Waals surface area (Å²) in [5.41, 5.74) is 1.01. The second kappa shape index (κ2) is 12.3. The summed E-state index contributed by atoms with van der Waals surface area (Å²) in [6.07, 6.45) is 11.2. The molecule has 0 saturated carbocycles. The SMILES string of the molecule is COc1ccc(CN2C(=O)SC[C@H]2[C@@]2(OC)C[C@H]3C[C@@H](CCC/C=C\CCCCC(=O)O3)O2)cc1. The predicted molar refractivity (Wildman–Crippen MR) is 135 cm³/mol. The van der Waals surface area contributed by atoms with Gasteiger partial charge in [-0.15, -0.1) is 0 Å². The Morgan fingerprint density at radius 1 is 1.06 bits per heavy atom. The third-order valence-electron chi connectivity index (χ3n) is 7.11. The van der Waals surface area contributed by atoms with Gasteiger partial charge in [-0.05, 0) is 56.2 Å². The van der Waals surface area contributed by atoms with Crippen LogP contribution >= 0.6 is 11.8 Å². The van der Waals surface area contributed by atoms with Gasteiger partial charge in [-0.2, -0.15) is 0 Å². The molecule has 0 aromatic heterocycles. The van der Waals surface area contributed by atoms with Gasteiger partial charge in [0.05, 0.1) is 19.3 Å². The van der Waals surface area contributed by atoms with Crippen LogP contribution in [0.15, 0.2) is 36.4 Å². The number of hydrogen-bond acceptors (Lipinski definition) is 7. The number of carbonyl (C=O) groups excluding carboxylic acids is 2. The maximum Gasteiger partial charge on any atom is 0.306 e. The van der Waals surface area contributed by atoms with Crippen molar-refractivity contribution in [2.45, 2.75) is 88.4 Å². The molecule has 3 heterocycles. The van der Waals surface area contributed by atoms with Crippen molar-refractivity contribution in [1.82, 2.24) is 4.90 Å². The zero-order valence-electron chi connectivity index (χ0n) is 20.8. The summed E-state index contributed by atoms with van der Waals surface area (Å²) in [5, 5.41) is 0.00814. The van der Waals surface area contributed by atoms with Crippen LogP contribution in [0.4, 0.5) is 4.79 Å². The van der Waals surface area contributed by atoms with E-state index in [1.54, 1.807) is 14.2 Å². The lowest BCUT2D eigenvalue weighted by Crippen LogP contribution is -2.60. The van der Waals surface area contributed by atoms with E-state index in [0.717, 1.165) is 49.8 Å². The number of amides is 1. The summed E-state index contributed by atoms with van der Waals surface area (Å²) >= 11 is 1.29. The summed E-state index contributed by atoms with van der Waals surface area (Å²) in [4.78, 5) is 27.4. The molecule has 1 aromatic rings. The molecule has 1 aromatic carbocycles. The molecule has 7 nitrogen and oxygen atoms in total. The van der Waals surface area contributed by atoms with E-state index in [1.807, 2.05) is 29.2 Å². The molecular weight excluding hydrogens is 466 g/mol. The highest BCUT2D eigenvalue weighted by atomic mass is 32.2. The van der Waals surface area contributed by atoms with Crippen LogP contribution in [0.3, 0.4) is 0 Å². The van der Waals surface area contributed by atoms with Gasteiger partial charge >= 0.3 is 5.97 Å². The molecule has 0 spiro atoms. The highest BCUT2D eigenvalue weighted by Crippen LogP contribution is 2.43. The molecule has 4 rings (SSSR count). The van der Waals surface area contributed by atoms with Crippen molar-refractivity contribution < 1.29 is 28.5 Å². The van der Waals surface area contributed by atoms with Gasteiger partial charge in [0.15, 0.2) is 5.79 Å². The van der Waals surface area contributed by atoms with Crippen molar-refractivity contribution in [2.75, 3.05) is 20.0 Å². The second-order valence-corrected chi connectivity index (χ2v) is 10.5. The Balaban J connectivity index is 1.55. The standard InChI is InChI=1S/C27H37NO6S/c1-31-21-14-12-20(13-15-21)18-28-24(19-35-26(28)30)27(32-2)17-23-16-22(34-27)10-8-6-4-3-5-7-9-11-25(29)33-23/h3-4,12-15,22-24H,5-11,16-19H2,1-2H3/b4-3-/t22-,23-,24+,27-/m1/s1. The summed E-state index contributed by atoms with van der Waals surface area (Å²) in [5.74, 6) is 0.165. The van der Waals surface area contributed by atoms with Gasteiger partial charge in [-0.25, -0.2) is 0 Å². The zero-order chi connectivity index (χ0) is 24.7. The van der Waals surface area contributed by atoms with Crippen LogP contribution in [0.2, 0.25) is 0 Å². The summed E-state index contributed by atoms with van der Waals surface area (Å²) in [7, 11) is 3.28. The molecule has 8 heteroatoms. The van der Waals surface area contributed by atoms with Crippen molar-refractivity contribution in [1.29, 1.82) is 0 Å². The molecule has 2 bridgehead atoms. The number of thioether (sulfide) groups is 1. The van der Waals surface area contributed by atoms with E-state index in [2.05, 4.69) is 12.2 Å². The lowest BCUT2D eigenvalue weighted by atomic mass is 9.90. The van der Waals surface area contributed by atoms with Crippen molar-refractivity contribution >= 4 is 23.0 Å². The summed E-state index contributed by atoms with van der Waals surface area (Å²) in [6, 6.07) is 7.46. The fourth-order valence-corrected chi connectivity index (χ4v) is 6.31. The lowest BCUT2D eigenvalue weighted by Gasteiger charge is -2.48. The third-order valence-corrected chi connectivity index (χ3v) is 8.07. The molecule has 3 aliphatic heterocycles. The van der Waals surface area contributed by atoms with Crippen molar-refractivity contribution in [2.24, 2.45) is 0 Å². The zero-order valence-corrected chi connectivity index (χ0v) is 21.6. The van der Waals surface area contributed by atoms with E-state index >= 15 is 0 Å². The van der Waals surface area contributed by atoms with Gasteiger partial charge in [-0.1, -0.05) is 36.0 Å². The monoisotopic (exact) mass is 503 g/mol. The molecule has 2 fully saturated rings. The van der Waals surface area contributed by atoms with E-state index in [-0.39, 0.29) is 29.5 Å². The number of ether oxygens (including phenoxy) is 4. The molecule has 2 saturated heterocycles. The first-order chi connectivity index (χ1) is 17.0. The number of benzene rings is 1. The van der Waals surface area contributed by atoms with Crippen LogP contribution in [-0.4, -0.2) is 60.1 Å². The quantitative estimate of drug-likeness (QED) is 0.390. The molecule has 4 atom stereocenters. The van der Waals surface area contributed by atoms with Crippen LogP contribution < -0.4 is 4.74 Å². The number of hydrogen-bond donors (Lipinski definition) is 0. The second-order valence-electron chi connectivity index (χ2n) is 9.52. The largest absolute Gasteiger partial charge is 0.497 e. The first-order valence-corrected chi connectivity index (χ1v) is 13.7.